The maximum atomic E-state index is 11.8. The molecule has 1 aliphatic rings. The van der Waals surface area contributed by atoms with E-state index in [9.17, 15) is 9.90 Å². The second kappa shape index (κ2) is 4.35. The van der Waals surface area contributed by atoms with Crippen LogP contribution < -0.4 is 0 Å². The molecule has 0 aliphatic carbocycles. The number of hydrogen-bond acceptors (Lipinski definition) is 2. The van der Waals surface area contributed by atoms with Crippen LogP contribution in [0.3, 0.4) is 0 Å². The lowest BCUT2D eigenvalue weighted by molar-refractivity contribution is -0.128. The summed E-state index contributed by atoms with van der Waals surface area (Å²) in [5.74, 6) is -0.623. The molecule has 1 aromatic rings. The molecule has 0 bridgehead atoms. The topological polar surface area (TPSA) is 40.5 Å². The number of halogens is 2. The third-order valence-electron chi connectivity index (χ3n) is 2.79. The van der Waals surface area contributed by atoms with Gasteiger partial charge >= 0.3 is 0 Å². The van der Waals surface area contributed by atoms with Crippen molar-refractivity contribution in [2.45, 2.75) is 12.0 Å². The van der Waals surface area contributed by atoms with Crippen LogP contribution in [0.2, 0.25) is 5.02 Å². The van der Waals surface area contributed by atoms with Gasteiger partial charge < -0.3 is 10.0 Å². The third-order valence-corrected chi connectivity index (χ3v) is 3.61. The molecule has 0 spiro atoms. The van der Waals surface area contributed by atoms with Crippen molar-refractivity contribution in [3.05, 3.63) is 33.3 Å². The highest BCUT2D eigenvalue weighted by molar-refractivity contribution is 9.10. The van der Waals surface area contributed by atoms with Crippen LogP contribution in [0, 0.1) is 0 Å². The van der Waals surface area contributed by atoms with E-state index in [0.29, 0.717) is 17.1 Å². The molecule has 2 atom stereocenters. The minimum Gasteiger partial charge on any atom is -0.390 e. The Morgan fingerprint density at radius 3 is 2.75 bits per heavy atom. The average molecular weight is 305 g/mol. The summed E-state index contributed by atoms with van der Waals surface area (Å²) in [6.07, 6.45) is -0.684. The van der Waals surface area contributed by atoms with Crippen LogP contribution in [0.15, 0.2) is 22.7 Å². The molecule has 1 heterocycles. The number of hydrogen-bond donors (Lipinski definition) is 1. The lowest BCUT2D eigenvalue weighted by atomic mass is 9.95. The third kappa shape index (κ3) is 1.97. The van der Waals surface area contributed by atoms with Gasteiger partial charge in [-0.25, -0.2) is 0 Å². The van der Waals surface area contributed by atoms with Gasteiger partial charge in [0.1, 0.15) is 0 Å². The zero-order valence-electron chi connectivity index (χ0n) is 8.65. The molecule has 1 fully saturated rings. The van der Waals surface area contributed by atoms with Crippen molar-refractivity contribution in [2.75, 3.05) is 13.6 Å². The van der Waals surface area contributed by atoms with Crippen molar-refractivity contribution >= 4 is 33.4 Å². The molecule has 1 N–H and O–H groups in total. The number of likely N-dealkylation sites (N-methyl/N-ethyl adjacent to an activating group) is 1. The van der Waals surface area contributed by atoms with E-state index in [1.54, 1.807) is 19.2 Å². The summed E-state index contributed by atoms with van der Waals surface area (Å²) in [6, 6.07) is 5.33. The van der Waals surface area contributed by atoms with Crippen LogP contribution in [-0.4, -0.2) is 35.6 Å². The molecule has 0 saturated carbocycles. The standard InChI is InChI=1S/C11H11BrClNO2/c1-14-5-9(15)10(11(14)16)7-3-2-6(12)4-8(7)13/h2-4,9-10,15H,5H2,1H3. The number of likely N-dealkylation sites (tertiary alicyclic amines) is 1. The summed E-state index contributed by atoms with van der Waals surface area (Å²) >= 11 is 9.38. The van der Waals surface area contributed by atoms with Crippen molar-refractivity contribution in [1.29, 1.82) is 0 Å². The maximum absolute atomic E-state index is 11.8. The van der Waals surface area contributed by atoms with Gasteiger partial charge in [-0.15, -0.1) is 0 Å². The van der Waals surface area contributed by atoms with E-state index in [0.717, 1.165) is 4.47 Å². The second-order valence-electron chi connectivity index (χ2n) is 3.93. The largest absolute Gasteiger partial charge is 0.390 e. The molecule has 1 aromatic carbocycles. The molecule has 2 unspecified atom stereocenters. The van der Waals surface area contributed by atoms with Crippen LogP contribution in [-0.2, 0) is 4.79 Å². The summed E-state index contributed by atoms with van der Waals surface area (Å²) in [5, 5.41) is 10.3. The smallest absolute Gasteiger partial charge is 0.232 e. The van der Waals surface area contributed by atoms with Gasteiger partial charge in [0.05, 0.1) is 12.0 Å². The Balaban J connectivity index is 2.40. The SMILES string of the molecule is CN1CC(O)C(c2ccc(Br)cc2Cl)C1=O. The van der Waals surface area contributed by atoms with Crippen molar-refractivity contribution in [3.8, 4) is 0 Å². The Labute approximate surface area is 107 Å². The van der Waals surface area contributed by atoms with Crippen LogP contribution in [0.4, 0.5) is 0 Å². The number of carbonyl (C=O) groups excluding carboxylic acids is 1. The van der Waals surface area contributed by atoms with Gasteiger partial charge in [-0.05, 0) is 17.7 Å². The maximum Gasteiger partial charge on any atom is 0.232 e. The van der Waals surface area contributed by atoms with Gasteiger partial charge in [-0.3, -0.25) is 4.79 Å². The molecule has 1 saturated heterocycles. The normalized spacial score (nSPS) is 25.2. The van der Waals surface area contributed by atoms with E-state index in [4.69, 9.17) is 11.6 Å². The Hall–Kier alpha value is -0.580. The fourth-order valence-corrected chi connectivity index (χ4v) is 2.76. The van der Waals surface area contributed by atoms with Crippen LogP contribution in [0.1, 0.15) is 11.5 Å². The Morgan fingerprint density at radius 1 is 1.56 bits per heavy atom. The van der Waals surface area contributed by atoms with E-state index in [-0.39, 0.29) is 5.91 Å². The highest BCUT2D eigenvalue weighted by Gasteiger charge is 2.39. The summed E-state index contributed by atoms with van der Waals surface area (Å²) < 4.78 is 0.856. The molecule has 3 nitrogen and oxygen atoms in total. The lowest BCUT2D eigenvalue weighted by Gasteiger charge is -2.14. The van der Waals surface area contributed by atoms with Crippen LogP contribution in [0.25, 0.3) is 0 Å². The minimum absolute atomic E-state index is 0.0864. The van der Waals surface area contributed by atoms with Crippen LogP contribution >= 0.6 is 27.5 Å². The van der Waals surface area contributed by atoms with E-state index >= 15 is 0 Å². The molecule has 2 rings (SSSR count). The summed E-state index contributed by atoms with van der Waals surface area (Å²) in [5.41, 5.74) is 0.687. The molecule has 16 heavy (non-hydrogen) atoms. The summed E-state index contributed by atoms with van der Waals surface area (Å²) in [4.78, 5) is 13.4. The highest BCUT2D eigenvalue weighted by Crippen LogP contribution is 2.34. The number of carbonyl (C=O) groups is 1. The number of aliphatic hydroxyl groups excluding tert-OH is 1. The Bertz CT molecular complexity index is 438. The van der Waals surface area contributed by atoms with E-state index in [2.05, 4.69) is 15.9 Å². The summed E-state index contributed by atoms with van der Waals surface area (Å²) in [7, 11) is 1.68. The van der Waals surface area contributed by atoms with E-state index < -0.39 is 12.0 Å². The number of nitrogens with zero attached hydrogens (tertiary/aromatic N) is 1. The van der Waals surface area contributed by atoms with Gasteiger partial charge in [-0.1, -0.05) is 33.6 Å². The molecule has 5 heteroatoms. The first-order chi connectivity index (χ1) is 7.50. The van der Waals surface area contributed by atoms with Crippen molar-refractivity contribution in [2.24, 2.45) is 0 Å². The van der Waals surface area contributed by atoms with Crippen molar-refractivity contribution in [3.63, 3.8) is 0 Å². The number of β-amino-alcohol motifs (C(OH)–C–C–N with tert-alkyl or cyclic N) is 1. The van der Waals surface area contributed by atoms with Gasteiger partial charge in [-0.2, -0.15) is 0 Å². The molecular formula is C11H11BrClNO2. The summed E-state index contributed by atoms with van der Waals surface area (Å²) in [6.45, 7) is 0.357. The van der Waals surface area contributed by atoms with Gasteiger partial charge in [0.15, 0.2) is 0 Å². The van der Waals surface area contributed by atoms with Gasteiger partial charge in [0, 0.05) is 23.1 Å². The predicted molar refractivity (Wildman–Crippen MR) is 65.5 cm³/mol. The highest BCUT2D eigenvalue weighted by atomic mass is 79.9. The molecule has 1 aliphatic heterocycles. The number of aliphatic hydroxyl groups is 1. The first-order valence-corrected chi connectivity index (χ1v) is 6.06. The van der Waals surface area contributed by atoms with Gasteiger partial charge in [0.2, 0.25) is 5.91 Å². The Kier molecular flexibility index (Phi) is 3.24. The first-order valence-electron chi connectivity index (χ1n) is 4.88. The van der Waals surface area contributed by atoms with Gasteiger partial charge in [0.25, 0.3) is 0 Å². The number of amides is 1. The molecule has 0 radical (unpaired) electrons. The lowest BCUT2D eigenvalue weighted by Crippen LogP contribution is -2.21. The second-order valence-corrected chi connectivity index (χ2v) is 5.25. The van der Waals surface area contributed by atoms with Crippen LogP contribution in [0.5, 0.6) is 0 Å². The van der Waals surface area contributed by atoms with E-state index in [1.807, 2.05) is 6.07 Å². The molecule has 0 aromatic heterocycles. The van der Waals surface area contributed by atoms with E-state index in [1.165, 1.54) is 4.90 Å². The minimum atomic E-state index is -0.684. The molecule has 1 amide bonds. The zero-order valence-corrected chi connectivity index (χ0v) is 11.0. The molecular weight excluding hydrogens is 293 g/mol. The fraction of sp³-hybridized carbons (Fsp3) is 0.364. The quantitative estimate of drug-likeness (QED) is 0.862. The number of rotatable bonds is 1. The number of benzene rings is 1. The predicted octanol–water partition coefficient (Wildman–Crippen LogP) is 2.02. The molecule has 86 valence electrons. The van der Waals surface area contributed by atoms with Crippen molar-refractivity contribution < 1.29 is 9.90 Å². The van der Waals surface area contributed by atoms with Crippen molar-refractivity contribution in [1.82, 2.24) is 4.90 Å². The first kappa shape index (κ1) is 11.9. The Morgan fingerprint density at radius 2 is 2.25 bits per heavy atom. The monoisotopic (exact) mass is 303 g/mol. The fourth-order valence-electron chi connectivity index (χ4n) is 1.97. The zero-order chi connectivity index (χ0) is 11.9. The average Bonchev–Trinajstić information content (AvgIpc) is 2.43.